The highest BCUT2D eigenvalue weighted by Crippen LogP contribution is 2.30. The predicted octanol–water partition coefficient (Wildman–Crippen LogP) is 3.13. The van der Waals surface area contributed by atoms with Gasteiger partial charge in [0.15, 0.2) is 5.65 Å². The van der Waals surface area contributed by atoms with Crippen molar-refractivity contribution in [3.05, 3.63) is 58.1 Å². The molecule has 0 bridgehead atoms. The monoisotopic (exact) mass is 334 g/mol. The molecule has 3 rings (SSSR count). The first-order valence-electron chi connectivity index (χ1n) is 7.07. The van der Waals surface area contributed by atoms with Crippen molar-refractivity contribution in [1.29, 1.82) is 0 Å². The highest BCUT2D eigenvalue weighted by molar-refractivity contribution is 5.79. The standard InChI is InChI=1S/C16H13F3N4O/c1-9-5-3-4-6-10(9)12-13-21-11(16(17,18)19)7-8-23(13)15(20-2)22-14(12)24/h3-8H,1-2H3,(H,20,22,24). The summed E-state index contributed by atoms with van der Waals surface area (Å²) in [5.41, 5.74) is -0.510. The van der Waals surface area contributed by atoms with Crippen molar-refractivity contribution in [2.24, 2.45) is 0 Å². The summed E-state index contributed by atoms with van der Waals surface area (Å²) in [6.45, 7) is 1.77. The highest BCUT2D eigenvalue weighted by atomic mass is 19.4. The molecule has 0 fully saturated rings. The molecule has 0 unspecified atom stereocenters. The molecule has 3 aromatic rings. The number of alkyl halides is 3. The van der Waals surface area contributed by atoms with Gasteiger partial charge in [-0.2, -0.15) is 18.2 Å². The molecule has 0 saturated heterocycles. The molecule has 0 spiro atoms. The van der Waals surface area contributed by atoms with Gasteiger partial charge in [0.25, 0.3) is 5.56 Å². The lowest BCUT2D eigenvalue weighted by molar-refractivity contribution is -0.141. The third-order valence-electron chi connectivity index (χ3n) is 3.64. The number of hydrogen-bond acceptors (Lipinski definition) is 4. The van der Waals surface area contributed by atoms with Crippen LogP contribution in [0.4, 0.5) is 19.1 Å². The lowest BCUT2D eigenvalue weighted by Crippen LogP contribution is -2.19. The molecule has 24 heavy (non-hydrogen) atoms. The van der Waals surface area contributed by atoms with Crippen LogP contribution in [0, 0.1) is 6.92 Å². The molecule has 0 saturated carbocycles. The summed E-state index contributed by atoms with van der Waals surface area (Å²) >= 11 is 0. The van der Waals surface area contributed by atoms with Gasteiger partial charge in [0.2, 0.25) is 5.95 Å². The zero-order chi connectivity index (χ0) is 17.5. The van der Waals surface area contributed by atoms with Crippen LogP contribution in [0.5, 0.6) is 0 Å². The molecule has 0 radical (unpaired) electrons. The van der Waals surface area contributed by atoms with E-state index in [9.17, 15) is 18.0 Å². The molecule has 2 heterocycles. The molecule has 8 heteroatoms. The van der Waals surface area contributed by atoms with Crippen LogP contribution in [0.15, 0.2) is 41.3 Å². The number of nitrogens with zero attached hydrogens (tertiary/aromatic N) is 3. The molecule has 0 aliphatic carbocycles. The van der Waals surface area contributed by atoms with E-state index in [0.717, 1.165) is 11.6 Å². The fourth-order valence-corrected chi connectivity index (χ4v) is 2.49. The summed E-state index contributed by atoms with van der Waals surface area (Å²) in [6.07, 6.45) is -3.41. The minimum Gasteiger partial charge on any atom is -0.358 e. The van der Waals surface area contributed by atoms with Gasteiger partial charge in [0.05, 0.1) is 5.56 Å². The van der Waals surface area contributed by atoms with Crippen LogP contribution >= 0.6 is 0 Å². The van der Waals surface area contributed by atoms with Gasteiger partial charge in [0.1, 0.15) is 5.69 Å². The summed E-state index contributed by atoms with van der Waals surface area (Å²) in [5, 5.41) is 2.69. The maximum Gasteiger partial charge on any atom is 0.433 e. The third-order valence-corrected chi connectivity index (χ3v) is 3.64. The first-order valence-corrected chi connectivity index (χ1v) is 7.07. The van der Waals surface area contributed by atoms with Crippen molar-refractivity contribution in [2.75, 3.05) is 12.4 Å². The van der Waals surface area contributed by atoms with Gasteiger partial charge < -0.3 is 5.32 Å². The normalized spacial score (nSPS) is 11.7. The minimum atomic E-state index is -4.61. The lowest BCUT2D eigenvalue weighted by Gasteiger charge is -2.14. The maximum absolute atomic E-state index is 13.0. The molecular formula is C16H13F3N4O. The average molecular weight is 334 g/mol. The molecular weight excluding hydrogens is 321 g/mol. The van der Waals surface area contributed by atoms with Crippen LogP contribution < -0.4 is 10.9 Å². The second kappa shape index (κ2) is 5.63. The molecule has 1 aromatic carbocycles. The van der Waals surface area contributed by atoms with Gasteiger partial charge in [-0.25, -0.2) is 4.98 Å². The number of benzene rings is 1. The van der Waals surface area contributed by atoms with E-state index in [1.165, 1.54) is 17.6 Å². The van der Waals surface area contributed by atoms with Crippen LogP contribution in [-0.4, -0.2) is 21.4 Å². The fourth-order valence-electron chi connectivity index (χ4n) is 2.49. The lowest BCUT2D eigenvalue weighted by atomic mass is 10.0. The van der Waals surface area contributed by atoms with Crippen LogP contribution in [0.2, 0.25) is 0 Å². The van der Waals surface area contributed by atoms with E-state index >= 15 is 0 Å². The van der Waals surface area contributed by atoms with Crippen LogP contribution in [0.3, 0.4) is 0 Å². The number of nitrogens with one attached hydrogen (secondary N) is 1. The van der Waals surface area contributed by atoms with E-state index in [0.29, 0.717) is 5.56 Å². The van der Waals surface area contributed by atoms with E-state index in [2.05, 4.69) is 15.3 Å². The number of aromatic nitrogens is 3. The van der Waals surface area contributed by atoms with Gasteiger partial charge in [-0.3, -0.25) is 9.20 Å². The van der Waals surface area contributed by atoms with Crippen molar-refractivity contribution in [3.8, 4) is 11.1 Å². The zero-order valence-electron chi connectivity index (χ0n) is 12.8. The molecule has 1 N–H and O–H groups in total. The second-order valence-electron chi connectivity index (χ2n) is 5.18. The Balaban J connectivity index is 2.46. The second-order valence-corrected chi connectivity index (χ2v) is 5.18. The smallest absolute Gasteiger partial charge is 0.358 e. The fraction of sp³-hybridized carbons (Fsp3) is 0.188. The Morgan fingerprint density at radius 1 is 1.12 bits per heavy atom. The Bertz CT molecular complexity index is 979. The third kappa shape index (κ3) is 2.60. The van der Waals surface area contributed by atoms with Gasteiger partial charge >= 0.3 is 6.18 Å². The molecule has 124 valence electrons. The Morgan fingerprint density at radius 2 is 1.83 bits per heavy atom. The van der Waals surface area contributed by atoms with Gasteiger partial charge in [-0.1, -0.05) is 24.3 Å². The molecule has 0 aliphatic heterocycles. The molecule has 5 nitrogen and oxygen atoms in total. The van der Waals surface area contributed by atoms with E-state index in [-0.39, 0.29) is 17.2 Å². The predicted molar refractivity (Wildman–Crippen MR) is 84.0 cm³/mol. The minimum absolute atomic E-state index is 0.0400. The Labute approximate surface area is 134 Å². The summed E-state index contributed by atoms with van der Waals surface area (Å²) in [5.74, 6) is 0.119. The summed E-state index contributed by atoms with van der Waals surface area (Å²) in [4.78, 5) is 20.0. The molecule has 0 aliphatic rings. The van der Waals surface area contributed by atoms with Gasteiger partial charge in [0, 0.05) is 13.2 Å². The van der Waals surface area contributed by atoms with Crippen LogP contribution in [-0.2, 0) is 6.18 Å². The quantitative estimate of drug-likeness (QED) is 0.782. The zero-order valence-corrected chi connectivity index (χ0v) is 12.8. The van der Waals surface area contributed by atoms with Gasteiger partial charge in [-0.05, 0) is 24.1 Å². The number of rotatable bonds is 2. The van der Waals surface area contributed by atoms with Crippen molar-refractivity contribution in [3.63, 3.8) is 0 Å². The van der Waals surface area contributed by atoms with Crippen LogP contribution in [0.1, 0.15) is 11.3 Å². The highest BCUT2D eigenvalue weighted by Gasteiger charge is 2.33. The van der Waals surface area contributed by atoms with E-state index in [1.807, 2.05) is 0 Å². The summed E-state index contributed by atoms with van der Waals surface area (Å²) < 4.78 is 40.4. The Morgan fingerprint density at radius 3 is 2.46 bits per heavy atom. The Kier molecular flexibility index (Phi) is 3.75. The number of halogens is 3. The number of hydrogen-bond donors (Lipinski definition) is 1. The number of fused-ring (bicyclic) bond motifs is 1. The first kappa shape index (κ1) is 16.0. The van der Waals surface area contributed by atoms with Crippen molar-refractivity contribution < 1.29 is 13.2 Å². The molecule has 0 amide bonds. The SMILES string of the molecule is CNc1nc(=O)c(-c2ccccc2C)c2nc(C(F)(F)F)ccn12. The van der Waals surface area contributed by atoms with E-state index < -0.39 is 17.4 Å². The van der Waals surface area contributed by atoms with Crippen molar-refractivity contribution >= 4 is 11.6 Å². The topological polar surface area (TPSA) is 59.3 Å². The van der Waals surface area contributed by atoms with Crippen molar-refractivity contribution in [2.45, 2.75) is 13.1 Å². The van der Waals surface area contributed by atoms with Crippen LogP contribution in [0.25, 0.3) is 16.8 Å². The average Bonchev–Trinajstić information content (AvgIpc) is 2.54. The van der Waals surface area contributed by atoms with Crippen molar-refractivity contribution in [1.82, 2.24) is 14.4 Å². The molecule has 0 atom stereocenters. The summed E-state index contributed by atoms with van der Waals surface area (Å²) in [6, 6.07) is 7.77. The number of anilines is 1. The summed E-state index contributed by atoms with van der Waals surface area (Å²) in [7, 11) is 1.53. The van der Waals surface area contributed by atoms with E-state index in [1.54, 1.807) is 31.2 Å². The Hall–Kier alpha value is -2.90. The van der Waals surface area contributed by atoms with E-state index in [4.69, 9.17) is 0 Å². The first-order chi connectivity index (χ1) is 11.3. The number of aryl methyl sites for hydroxylation is 1. The largest absolute Gasteiger partial charge is 0.433 e. The molecule has 2 aromatic heterocycles. The van der Waals surface area contributed by atoms with Gasteiger partial charge in [-0.15, -0.1) is 0 Å². The maximum atomic E-state index is 13.0.